The lowest BCUT2D eigenvalue weighted by atomic mass is 9.98. The van der Waals surface area contributed by atoms with E-state index in [0.29, 0.717) is 12.8 Å². The SMILES string of the molecule is CCS(=O)(=O)N1CC(NC(=O)c2cc(F)ccc2F)C(=O)NC2(CCCC2)C1. The van der Waals surface area contributed by atoms with Gasteiger partial charge in [0.05, 0.1) is 16.9 Å². The van der Waals surface area contributed by atoms with Gasteiger partial charge in [0.1, 0.15) is 17.7 Å². The molecule has 7 nitrogen and oxygen atoms in total. The maximum Gasteiger partial charge on any atom is 0.255 e. The molecule has 3 rings (SSSR count). The molecule has 1 aliphatic carbocycles. The van der Waals surface area contributed by atoms with E-state index in [1.165, 1.54) is 11.2 Å². The molecule has 1 spiro atoms. The second-order valence-electron chi connectivity index (χ2n) is 7.32. The van der Waals surface area contributed by atoms with Gasteiger partial charge in [-0.3, -0.25) is 9.59 Å². The van der Waals surface area contributed by atoms with Gasteiger partial charge in [0.2, 0.25) is 15.9 Å². The standard InChI is InChI=1S/C18H23F2N3O4S/c1-2-28(26,27)23-10-15(17(25)22-18(11-23)7-3-4-8-18)21-16(24)13-9-12(19)5-6-14(13)20/h5-6,9,15H,2-4,7-8,10-11H2,1H3,(H,21,24)(H,22,25). The minimum atomic E-state index is -3.62. The van der Waals surface area contributed by atoms with Crippen LogP contribution in [0.25, 0.3) is 0 Å². The minimum Gasteiger partial charge on any atom is -0.348 e. The van der Waals surface area contributed by atoms with Gasteiger partial charge in [-0.2, -0.15) is 4.31 Å². The molecule has 0 bridgehead atoms. The van der Waals surface area contributed by atoms with Gasteiger partial charge in [-0.05, 0) is 38.0 Å². The first-order valence-electron chi connectivity index (χ1n) is 9.21. The third kappa shape index (κ3) is 4.17. The van der Waals surface area contributed by atoms with Crippen molar-refractivity contribution in [1.29, 1.82) is 0 Å². The highest BCUT2D eigenvalue weighted by molar-refractivity contribution is 7.89. The molecule has 2 aliphatic rings. The summed E-state index contributed by atoms with van der Waals surface area (Å²) in [5.74, 6) is -3.37. The van der Waals surface area contributed by atoms with Crippen LogP contribution in [0.5, 0.6) is 0 Å². The Balaban J connectivity index is 1.88. The van der Waals surface area contributed by atoms with E-state index in [1.807, 2.05) is 0 Å². The van der Waals surface area contributed by atoms with Crippen LogP contribution in [0, 0.1) is 11.6 Å². The molecule has 1 aromatic rings. The topological polar surface area (TPSA) is 95.6 Å². The van der Waals surface area contributed by atoms with E-state index in [9.17, 15) is 26.8 Å². The third-order valence-corrected chi connectivity index (χ3v) is 7.16. The first-order chi connectivity index (χ1) is 13.2. The van der Waals surface area contributed by atoms with Gasteiger partial charge in [0.15, 0.2) is 0 Å². The Morgan fingerprint density at radius 1 is 1.32 bits per heavy atom. The zero-order chi connectivity index (χ0) is 20.5. The van der Waals surface area contributed by atoms with E-state index < -0.39 is 50.6 Å². The van der Waals surface area contributed by atoms with Crippen molar-refractivity contribution in [3.63, 3.8) is 0 Å². The number of rotatable bonds is 4. The average Bonchev–Trinajstić information content (AvgIpc) is 3.04. The normalized spacial score (nSPS) is 22.7. The number of hydrogen-bond donors (Lipinski definition) is 2. The number of nitrogens with zero attached hydrogens (tertiary/aromatic N) is 1. The summed E-state index contributed by atoms with van der Waals surface area (Å²) in [5, 5.41) is 5.25. The van der Waals surface area contributed by atoms with Crippen LogP contribution in [-0.2, 0) is 14.8 Å². The molecule has 1 heterocycles. The molecule has 1 saturated carbocycles. The first kappa shape index (κ1) is 20.7. The molecule has 0 aromatic heterocycles. The molecule has 154 valence electrons. The smallest absolute Gasteiger partial charge is 0.255 e. The quantitative estimate of drug-likeness (QED) is 0.771. The van der Waals surface area contributed by atoms with E-state index in [0.717, 1.165) is 31.0 Å². The van der Waals surface area contributed by atoms with Crippen LogP contribution in [0.15, 0.2) is 18.2 Å². The Kier molecular flexibility index (Phi) is 5.72. The van der Waals surface area contributed by atoms with Gasteiger partial charge in [0.25, 0.3) is 5.91 Å². The second-order valence-corrected chi connectivity index (χ2v) is 9.58. The van der Waals surface area contributed by atoms with Crippen molar-refractivity contribution in [3.05, 3.63) is 35.4 Å². The maximum absolute atomic E-state index is 13.9. The number of amides is 2. The van der Waals surface area contributed by atoms with E-state index in [4.69, 9.17) is 0 Å². The number of benzene rings is 1. The van der Waals surface area contributed by atoms with E-state index in [1.54, 1.807) is 0 Å². The number of carbonyl (C=O) groups excluding carboxylic acids is 2. The Morgan fingerprint density at radius 3 is 2.64 bits per heavy atom. The number of nitrogens with one attached hydrogen (secondary N) is 2. The first-order valence-corrected chi connectivity index (χ1v) is 10.8. The van der Waals surface area contributed by atoms with Gasteiger partial charge >= 0.3 is 0 Å². The van der Waals surface area contributed by atoms with Crippen molar-refractivity contribution in [2.75, 3.05) is 18.8 Å². The average molecular weight is 415 g/mol. The molecule has 2 N–H and O–H groups in total. The maximum atomic E-state index is 13.9. The molecule has 2 amide bonds. The number of sulfonamides is 1. The lowest BCUT2D eigenvalue weighted by molar-refractivity contribution is -0.124. The molecule has 0 radical (unpaired) electrons. The van der Waals surface area contributed by atoms with Gasteiger partial charge in [-0.15, -0.1) is 0 Å². The Bertz CT molecular complexity index is 885. The summed E-state index contributed by atoms with van der Waals surface area (Å²) < 4.78 is 53.5. The van der Waals surface area contributed by atoms with Gasteiger partial charge in [-0.25, -0.2) is 17.2 Å². The minimum absolute atomic E-state index is 0.135. The molecule has 28 heavy (non-hydrogen) atoms. The Morgan fingerprint density at radius 2 is 2.00 bits per heavy atom. The number of carbonyl (C=O) groups is 2. The largest absolute Gasteiger partial charge is 0.348 e. The van der Waals surface area contributed by atoms with Crippen molar-refractivity contribution in [2.24, 2.45) is 0 Å². The van der Waals surface area contributed by atoms with Crippen LogP contribution in [0.4, 0.5) is 8.78 Å². The summed E-state index contributed by atoms with van der Waals surface area (Å²) in [6.45, 7) is 1.38. The summed E-state index contributed by atoms with van der Waals surface area (Å²) >= 11 is 0. The van der Waals surface area contributed by atoms with E-state index >= 15 is 0 Å². The predicted octanol–water partition coefficient (Wildman–Crippen LogP) is 1.16. The third-order valence-electron chi connectivity index (χ3n) is 5.37. The lowest BCUT2D eigenvalue weighted by Crippen LogP contribution is -2.54. The number of hydrogen-bond acceptors (Lipinski definition) is 4. The van der Waals surface area contributed by atoms with Gasteiger partial charge < -0.3 is 10.6 Å². The molecule has 1 unspecified atom stereocenters. The fraction of sp³-hybridized carbons (Fsp3) is 0.556. The lowest BCUT2D eigenvalue weighted by Gasteiger charge is -2.32. The van der Waals surface area contributed by atoms with Gasteiger partial charge in [-0.1, -0.05) is 12.8 Å². The fourth-order valence-corrected chi connectivity index (χ4v) is 5.01. The Labute approximate surface area is 162 Å². The van der Waals surface area contributed by atoms with E-state index in [-0.39, 0.29) is 18.8 Å². The highest BCUT2D eigenvalue weighted by Gasteiger charge is 2.45. The van der Waals surface area contributed by atoms with Gasteiger partial charge in [0, 0.05) is 13.1 Å². The highest BCUT2D eigenvalue weighted by atomic mass is 32.2. The predicted molar refractivity (Wildman–Crippen MR) is 98.0 cm³/mol. The Hall–Kier alpha value is -2.07. The second kappa shape index (κ2) is 7.75. The summed E-state index contributed by atoms with van der Waals surface area (Å²) in [4.78, 5) is 25.2. The van der Waals surface area contributed by atoms with Crippen LogP contribution < -0.4 is 10.6 Å². The van der Waals surface area contributed by atoms with Crippen LogP contribution in [0.3, 0.4) is 0 Å². The van der Waals surface area contributed by atoms with Crippen molar-refractivity contribution >= 4 is 21.8 Å². The molecule has 1 aromatic carbocycles. The van der Waals surface area contributed by atoms with Crippen molar-refractivity contribution in [2.45, 2.75) is 44.2 Å². The molecule has 1 atom stereocenters. The van der Waals surface area contributed by atoms with Crippen LogP contribution in [0.2, 0.25) is 0 Å². The summed E-state index contributed by atoms with van der Waals surface area (Å²) in [7, 11) is -3.62. The molecule has 2 fully saturated rings. The molecular formula is C18H23F2N3O4S. The molecule has 10 heteroatoms. The molecular weight excluding hydrogens is 392 g/mol. The van der Waals surface area contributed by atoms with Crippen LogP contribution in [-0.4, -0.2) is 55.0 Å². The van der Waals surface area contributed by atoms with Crippen molar-refractivity contribution < 1.29 is 26.8 Å². The fourth-order valence-electron chi connectivity index (χ4n) is 3.82. The molecule has 1 aliphatic heterocycles. The zero-order valence-corrected chi connectivity index (χ0v) is 16.3. The van der Waals surface area contributed by atoms with Crippen molar-refractivity contribution in [3.8, 4) is 0 Å². The zero-order valence-electron chi connectivity index (χ0n) is 15.5. The van der Waals surface area contributed by atoms with Crippen molar-refractivity contribution in [1.82, 2.24) is 14.9 Å². The molecule has 1 saturated heterocycles. The summed E-state index contributed by atoms with van der Waals surface area (Å²) in [6.07, 6.45) is 3.03. The van der Waals surface area contributed by atoms with Crippen LogP contribution >= 0.6 is 0 Å². The number of halogens is 2. The highest BCUT2D eigenvalue weighted by Crippen LogP contribution is 2.32. The summed E-state index contributed by atoms with van der Waals surface area (Å²) in [6, 6.07) is 1.22. The van der Waals surface area contributed by atoms with Crippen LogP contribution in [0.1, 0.15) is 43.0 Å². The van der Waals surface area contributed by atoms with E-state index in [2.05, 4.69) is 10.6 Å². The summed E-state index contributed by atoms with van der Waals surface area (Å²) in [5.41, 5.74) is -1.21. The monoisotopic (exact) mass is 415 g/mol.